The lowest BCUT2D eigenvalue weighted by molar-refractivity contribution is 0.102. The summed E-state index contributed by atoms with van der Waals surface area (Å²) in [5, 5.41) is 6.08. The standard InChI is InChI=1S/C19H18N4O/c1-14-5-2-3-6-15(14)12-21-18-9-8-17(13-22-18)23-19(24)16-7-4-10-20-11-16/h2-11,13H,12H2,1H3,(H,21,22)(H,23,24). The van der Waals surface area contributed by atoms with E-state index >= 15 is 0 Å². The van der Waals surface area contributed by atoms with Gasteiger partial charge < -0.3 is 10.6 Å². The number of nitrogens with one attached hydrogen (secondary N) is 2. The van der Waals surface area contributed by atoms with Crippen LogP contribution in [0.25, 0.3) is 0 Å². The van der Waals surface area contributed by atoms with Crippen molar-refractivity contribution in [2.75, 3.05) is 10.6 Å². The van der Waals surface area contributed by atoms with E-state index in [0.29, 0.717) is 17.8 Å². The Morgan fingerprint density at radius 1 is 1.04 bits per heavy atom. The van der Waals surface area contributed by atoms with Gasteiger partial charge in [-0.1, -0.05) is 24.3 Å². The van der Waals surface area contributed by atoms with Crippen molar-refractivity contribution in [2.45, 2.75) is 13.5 Å². The molecule has 0 saturated heterocycles. The van der Waals surface area contributed by atoms with Gasteiger partial charge in [-0.25, -0.2) is 4.98 Å². The molecule has 0 aliphatic rings. The van der Waals surface area contributed by atoms with E-state index in [-0.39, 0.29) is 5.91 Å². The highest BCUT2D eigenvalue weighted by molar-refractivity contribution is 6.03. The van der Waals surface area contributed by atoms with Gasteiger partial charge in [0.15, 0.2) is 0 Å². The molecule has 0 aliphatic carbocycles. The number of pyridine rings is 2. The smallest absolute Gasteiger partial charge is 0.257 e. The molecule has 2 N–H and O–H groups in total. The van der Waals surface area contributed by atoms with Crippen LogP contribution in [0.15, 0.2) is 67.1 Å². The summed E-state index contributed by atoms with van der Waals surface area (Å²) in [7, 11) is 0. The second-order valence-corrected chi connectivity index (χ2v) is 5.41. The fourth-order valence-corrected chi connectivity index (χ4v) is 2.27. The molecule has 3 aromatic rings. The number of benzene rings is 1. The first kappa shape index (κ1) is 15.7. The number of rotatable bonds is 5. The minimum Gasteiger partial charge on any atom is -0.366 e. The summed E-state index contributed by atoms with van der Waals surface area (Å²) in [6.07, 6.45) is 4.79. The van der Waals surface area contributed by atoms with Crippen molar-refractivity contribution in [3.05, 3.63) is 83.8 Å². The second-order valence-electron chi connectivity index (χ2n) is 5.41. The van der Waals surface area contributed by atoms with Crippen LogP contribution in [0.2, 0.25) is 0 Å². The molecule has 0 atom stereocenters. The summed E-state index contributed by atoms with van der Waals surface area (Å²) in [5.74, 6) is 0.558. The maximum Gasteiger partial charge on any atom is 0.257 e. The summed E-state index contributed by atoms with van der Waals surface area (Å²) in [5.41, 5.74) is 3.63. The zero-order chi connectivity index (χ0) is 16.8. The SMILES string of the molecule is Cc1ccccc1CNc1ccc(NC(=O)c2cccnc2)cn1. The molecular weight excluding hydrogens is 300 g/mol. The third kappa shape index (κ3) is 3.95. The number of aromatic nitrogens is 2. The van der Waals surface area contributed by atoms with Gasteiger partial charge in [-0.15, -0.1) is 0 Å². The van der Waals surface area contributed by atoms with Gasteiger partial charge in [0, 0.05) is 18.9 Å². The first-order valence-corrected chi connectivity index (χ1v) is 7.68. The lowest BCUT2D eigenvalue weighted by Crippen LogP contribution is -2.12. The van der Waals surface area contributed by atoms with E-state index in [1.165, 1.54) is 17.3 Å². The fraction of sp³-hybridized carbons (Fsp3) is 0.105. The molecule has 0 aliphatic heterocycles. The Balaban J connectivity index is 1.59. The largest absolute Gasteiger partial charge is 0.366 e. The Bertz CT molecular complexity index is 816. The lowest BCUT2D eigenvalue weighted by Gasteiger charge is -2.09. The number of hydrogen-bond acceptors (Lipinski definition) is 4. The Kier molecular flexibility index (Phi) is 4.81. The van der Waals surface area contributed by atoms with Gasteiger partial charge in [-0.2, -0.15) is 0 Å². The summed E-state index contributed by atoms with van der Waals surface area (Å²) >= 11 is 0. The zero-order valence-electron chi connectivity index (χ0n) is 13.4. The molecule has 0 radical (unpaired) electrons. The minimum absolute atomic E-state index is 0.203. The molecule has 2 heterocycles. The van der Waals surface area contributed by atoms with Gasteiger partial charge >= 0.3 is 0 Å². The zero-order valence-corrected chi connectivity index (χ0v) is 13.4. The Morgan fingerprint density at radius 3 is 2.62 bits per heavy atom. The first-order chi connectivity index (χ1) is 11.7. The molecule has 24 heavy (non-hydrogen) atoms. The highest BCUT2D eigenvalue weighted by Crippen LogP contribution is 2.13. The highest BCUT2D eigenvalue weighted by Gasteiger charge is 2.06. The van der Waals surface area contributed by atoms with E-state index in [9.17, 15) is 4.79 Å². The molecule has 0 unspecified atom stereocenters. The Labute approximate surface area is 140 Å². The van der Waals surface area contributed by atoms with Crippen LogP contribution in [0.5, 0.6) is 0 Å². The van der Waals surface area contributed by atoms with Crippen molar-refractivity contribution in [1.29, 1.82) is 0 Å². The van der Waals surface area contributed by atoms with Crippen LogP contribution in [0.4, 0.5) is 11.5 Å². The maximum absolute atomic E-state index is 12.1. The average molecular weight is 318 g/mol. The number of carbonyl (C=O) groups excluding carboxylic acids is 1. The minimum atomic E-state index is -0.203. The quantitative estimate of drug-likeness (QED) is 0.753. The summed E-state index contributed by atoms with van der Waals surface area (Å²) in [6, 6.07) is 15.3. The Hall–Kier alpha value is -3.21. The van der Waals surface area contributed by atoms with Gasteiger partial charge in [-0.05, 0) is 42.3 Å². The van der Waals surface area contributed by atoms with Crippen LogP contribution in [0, 0.1) is 6.92 Å². The molecular formula is C19H18N4O. The van der Waals surface area contributed by atoms with E-state index in [1.807, 2.05) is 24.3 Å². The third-order valence-electron chi connectivity index (χ3n) is 3.67. The van der Waals surface area contributed by atoms with Crippen molar-refractivity contribution in [1.82, 2.24) is 9.97 Å². The monoisotopic (exact) mass is 318 g/mol. The molecule has 5 heteroatoms. The number of hydrogen-bond donors (Lipinski definition) is 2. The average Bonchev–Trinajstić information content (AvgIpc) is 2.63. The van der Waals surface area contributed by atoms with Gasteiger partial charge in [-0.3, -0.25) is 9.78 Å². The van der Waals surface area contributed by atoms with Crippen molar-refractivity contribution in [3.8, 4) is 0 Å². The van der Waals surface area contributed by atoms with Gasteiger partial charge in [0.1, 0.15) is 5.82 Å². The summed E-state index contributed by atoms with van der Waals surface area (Å²) in [4.78, 5) is 20.3. The fourth-order valence-electron chi connectivity index (χ4n) is 2.27. The maximum atomic E-state index is 12.1. The molecule has 1 amide bonds. The molecule has 0 saturated carbocycles. The predicted octanol–water partition coefficient (Wildman–Crippen LogP) is 3.65. The topological polar surface area (TPSA) is 66.9 Å². The number of anilines is 2. The van der Waals surface area contributed by atoms with E-state index in [2.05, 4.69) is 39.7 Å². The van der Waals surface area contributed by atoms with Gasteiger partial charge in [0.25, 0.3) is 5.91 Å². The van der Waals surface area contributed by atoms with E-state index in [1.54, 1.807) is 24.5 Å². The van der Waals surface area contributed by atoms with Crippen molar-refractivity contribution in [2.24, 2.45) is 0 Å². The van der Waals surface area contributed by atoms with Crippen LogP contribution < -0.4 is 10.6 Å². The van der Waals surface area contributed by atoms with Crippen LogP contribution >= 0.6 is 0 Å². The molecule has 120 valence electrons. The molecule has 1 aromatic carbocycles. The highest BCUT2D eigenvalue weighted by atomic mass is 16.1. The number of aryl methyl sites for hydroxylation is 1. The lowest BCUT2D eigenvalue weighted by atomic mass is 10.1. The first-order valence-electron chi connectivity index (χ1n) is 7.68. The molecule has 0 fully saturated rings. The van der Waals surface area contributed by atoms with Crippen molar-refractivity contribution in [3.63, 3.8) is 0 Å². The van der Waals surface area contributed by atoms with E-state index in [0.717, 1.165) is 5.82 Å². The summed E-state index contributed by atoms with van der Waals surface area (Å²) in [6.45, 7) is 2.79. The number of amides is 1. The molecule has 0 spiro atoms. The van der Waals surface area contributed by atoms with E-state index in [4.69, 9.17) is 0 Å². The molecule has 0 bridgehead atoms. The second kappa shape index (κ2) is 7.37. The molecule has 2 aromatic heterocycles. The Morgan fingerprint density at radius 2 is 1.92 bits per heavy atom. The van der Waals surface area contributed by atoms with Crippen molar-refractivity contribution >= 4 is 17.4 Å². The van der Waals surface area contributed by atoms with E-state index < -0.39 is 0 Å². The summed E-state index contributed by atoms with van der Waals surface area (Å²) < 4.78 is 0. The molecule has 5 nitrogen and oxygen atoms in total. The predicted molar refractivity (Wildman–Crippen MR) is 94.9 cm³/mol. The third-order valence-corrected chi connectivity index (χ3v) is 3.67. The van der Waals surface area contributed by atoms with Gasteiger partial charge in [0.2, 0.25) is 0 Å². The van der Waals surface area contributed by atoms with Crippen LogP contribution in [-0.2, 0) is 6.54 Å². The van der Waals surface area contributed by atoms with Gasteiger partial charge in [0.05, 0.1) is 17.4 Å². The molecule has 3 rings (SSSR count). The van der Waals surface area contributed by atoms with Crippen LogP contribution in [0.3, 0.4) is 0 Å². The van der Waals surface area contributed by atoms with Crippen molar-refractivity contribution < 1.29 is 4.79 Å². The van der Waals surface area contributed by atoms with Crippen LogP contribution in [0.1, 0.15) is 21.5 Å². The van der Waals surface area contributed by atoms with Crippen LogP contribution in [-0.4, -0.2) is 15.9 Å². The normalized spacial score (nSPS) is 10.2. The number of carbonyl (C=O) groups is 1. The number of nitrogens with zero attached hydrogens (tertiary/aromatic N) is 2.